The lowest BCUT2D eigenvalue weighted by Gasteiger charge is -2.28. The van der Waals surface area contributed by atoms with E-state index in [1.807, 2.05) is 13.8 Å². The summed E-state index contributed by atoms with van der Waals surface area (Å²) >= 11 is 1.51. The molecule has 4 N–H and O–H groups in total. The Balaban J connectivity index is 1.73. The molecule has 0 spiro atoms. The van der Waals surface area contributed by atoms with Crippen LogP contribution in [0.5, 0.6) is 0 Å². The van der Waals surface area contributed by atoms with Crippen LogP contribution in [0.4, 0.5) is 10.5 Å². The van der Waals surface area contributed by atoms with Crippen LogP contribution in [0, 0.1) is 0 Å². The number of amides is 1. The van der Waals surface area contributed by atoms with Crippen LogP contribution in [0.15, 0.2) is 29.3 Å². The maximum absolute atomic E-state index is 12.9. The molecule has 0 unspecified atom stereocenters. The number of nitrogen functional groups attached to an aromatic ring is 1. The second-order valence-electron chi connectivity index (χ2n) is 8.74. The molecule has 32 heavy (non-hydrogen) atoms. The number of thiazole rings is 1. The number of hydrogen-bond acceptors (Lipinski definition) is 7. The maximum atomic E-state index is 12.9. The zero-order valence-corrected chi connectivity index (χ0v) is 20.6. The summed E-state index contributed by atoms with van der Waals surface area (Å²) in [5.41, 5.74) is 6.88. The number of hydrogen-bond donors (Lipinski definition) is 3. The Morgan fingerprint density at radius 1 is 1.19 bits per heavy atom. The summed E-state index contributed by atoms with van der Waals surface area (Å²) in [7, 11) is -3.71. The first kappa shape index (κ1) is 24.5. The molecule has 0 atom stereocenters. The number of nitrogens with one attached hydrogen (secondary N) is 2. The monoisotopic (exact) mass is 480 g/mol. The van der Waals surface area contributed by atoms with Gasteiger partial charge in [-0.25, -0.2) is 22.9 Å². The Hall–Kier alpha value is -2.17. The molecule has 3 rings (SSSR count). The quantitative estimate of drug-likeness (QED) is 0.509. The molecule has 0 aliphatic heterocycles. The number of nitrogens with two attached hydrogens (primary N) is 1. The number of sulfonamides is 1. The van der Waals surface area contributed by atoms with E-state index in [0.717, 1.165) is 35.6 Å². The van der Waals surface area contributed by atoms with Gasteiger partial charge in [0.05, 0.1) is 20.9 Å². The van der Waals surface area contributed by atoms with Crippen LogP contribution in [0.25, 0.3) is 10.4 Å². The second-order valence-corrected chi connectivity index (χ2v) is 11.5. The van der Waals surface area contributed by atoms with E-state index in [1.54, 1.807) is 32.2 Å². The summed E-state index contributed by atoms with van der Waals surface area (Å²) < 4.78 is 33.5. The Bertz CT molecular complexity index is 1040. The fraction of sp³-hybridized carbons (Fsp3) is 0.545. The van der Waals surface area contributed by atoms with Gasteiger partial charge in [0, 0.05) is 35.4 Å². The van der Waals surface area contributed by atoms with E-state index < -0.39 is 10.0 Å². The van der Waals surface area contributed by atoms with Gasteiger partial charge < -0.3 is 15.8 Å². The van der Waals surface area contributed by atoms with E-state index in [2.05, 4.69) is 15.0 Å². The number of rotatable bonds is 7. The molecule has 1 aliphatic carbocycles. The van der Waals surface area contributed by atoms with E-state index in [0.29, 0.717) is 11.3 Å². The number of nitrogens with zero attached hydrogens (tertiary/aromatic N) is 1. The van der Waals surface area contributed by atoms with Gasteiger partial charge in [0.25, 0.3) is 0 Å². The Kier molecular flexibility index (Phi) is 7.79. The second kappa shape index (κ2) is 10.2. The Labute approximate surface area is 194 Å². The molecule has 1 amide bonds. The first-order valence-electron chi connectivity index (χ1n) is 10.9. The van der Waals surface area contributed by atoms with Gasteiger partial charge in [-0.2, -0.15) is 0 Å². The first-order chi connectivity index (χ1) is 15.0. The summed E-state index contributed by atoms with van der Waals surface area (Å²) in [6.45, 7) is 7.21. The van der Waals surface area contributed by atoms with Crippen LogP contribution in [0.2, 0.25) is 0 Å². The summed E-state index contributed by atoms with van der Waals surface area (Å²) in [5, 5.41) is 3.92. The van der Waals surface area contributed by atoms with Crippen molar-refractivity contribution in [3.8, 4) is 10.4 Å². The molecule has 2 aromatic rings. The fourth-order valence-corrected chi connectivity index (χ4v) is 6.54. The third-order valence-electron chi connectivity index (χ3n) is 5.22. The van der Waals surface area contributed by atoms with Gasteiger partial charge in [0.15, 0.2) is 0 Å². The predicted molar refractivity (Wildman–Crippen MR) is 127 cm³/mol. The van der Waals surface area contributed by atoms with Gasteiger partial charge in [0.1, 0.15) is 0 Å². The number of ether oxygens (including phenoxy) is 1. The highest BCUT2D eigenvalue weighted by Gasteiger charge is 2.27. The highest BCUT2D eigenvalue weighted by atomic mass is 32.2. The van der Waals surface area contributed by atoms with E-state index in [4.69, 9.17) is 10.5 Å². The normalized spacial score (nSPS) is 19.3. The molecule has 176 valence electrons. The number of carbonyl (C=O) groups is 1. The van der Waals surface area contributed by atoms with Crippen molar-refractivity contribution in [2.45, 2.75) is 82.4 Å². The van der Waals surface area contributed by atoms with Crippen LogP contribution in [-0.4, -0.2) is 37.7 Å². The third-order valence-corrected chi connectivity index (χ3v) is 8.11. The summed E-state index contributed by atoms with van der Waals surface area (Å²) in [5.74, 6) is 0.288. The lowest BCUT2D eigenvalue weighted by atomic mass is 9.86. The van der Waals surface area contributed by atoms with Crippen molar-refractivity contribution in [1.29, 1.82) is 0 Å². The van der Waals surface area contributed by atoms with Crippen molar-refractivity contribution < 1.29 is 17.9 Å². The zero-order chi connectivity index (χ0) is 23.5. The largest absolute Gasteiger partial charge is 0.447 e. The number of carbonyl (C=O) groups excluding carboxylic acids is 1. The molecular formula is C22H32N4O4S2. The van der Waals surface area contributed by atoms with Gasteiger partial charge >= 0.3 is 6.09 Å². The minimum absolute atomic E-state index is 0.105. The molecule has 1 fully saturated rings. The van der Waals surface area contributed by atoms with E-state index in [9.17, 15) is 13.2 Å². The van der Waals surface area contributed by atoms with Crippen LogP contribution < -0.4 is 15.8 Å². The maximum Gasteiger partial charge on any atom is 0.407 e. The van der Waals surface area contributed by atoms with Crippen LogP contribution >= 0.6 is 11.3 Å². The van der Waals surface area contributed by atoms with Crippen molar-refractivity contribution in [3.63, 3.8) is 0 Å². The van der Waals surface area contributed by atoms with Crippen molar-refractivity contribution in [1.82, 2.24) is 15.0 Å². The Morgan fingerprint density at radius 2 is 1.88 bits per heavy atom. The topological polar surface area (TPSA) is 123 Å². The Morgan fingerprint density at radius 3 is 2.50 bits per heavy atom. The molecule has 1 saturated carbocycles. The fourth-order valence-electron chi connectivity index (χ4n) is 3.84. The SMILES string of the molecule is CC(C)NS(=O)(=O)c1cc(N)ccc1-c1cnc(C2CCC(NC(=O)OC(C)C)CC2)s1. The summed E-state index contributed by atoms with van der Waals surface area (Å²) in [6, 6.07) is 4.81. The van der Waals surface area contributed by atoms with Crippen LogP contribution in [0.3, 0.4) is 0 Å². The van der Waals surface area contributed by atoms with Gasteiger partial charge in [-0.05, 0) is 65.5 Å². The van der Waals surface area contributed by atoms with Gasteiger partial charge in [-0.15, -0.1) is 11.3 Å². The molecule has 0 bridgehead atoms. The lowest BCUT2D eigenvalue weighted by Crippen LogP contribution is -2.38. The minimum Gasteiger partial charge on any atom is -0.447 e. The lowest BCUT2D eigenvalue weighted by molar-refractivity contribution is 0.109. The van der Waals surface area contributed by atoms with Gasteiger partial charge in [0.2, 0.25) is 10.0 Å². The van der Waals surface area contributed by atoms with E-state index >= 15 is 0 Å². The molecule has 0 radical (unpaired) electrons. The molecule has 1 heterocycles. The highest BCUT2D eigenvalue weighted by molar-refractivity contribution is 7.89. The number of aromatic nitrogens is 1. The minimum atomic E-state index is -3.71. The van der Waals surface area contributed by atoms with Crippen LogP contribution in [-0.2, 0) is 14.8 Å². The first-order valence-corrected chi connectivity index (χ1v) is 13.2. The van der Waals surface area contributed by atoms with Crippen LogP contribution in [0.1, 0.15) is 64.3 Å². The molecule has 1 aliphatic rings. The van der Waals surface area contributed by atoms with E-state index in [1.165, 1.54) is 17.4 Å². The van der Waals surface area contributed by atoms with Gasteiger partial charge in [-0.1, -0.05) is 6.07 Å². The van der Waals surface area contributed by atoms with Crippen molar-refractivity contribution in [3.05, 3.63) is 29.4 Å². The third kappa shape index (κ3) is 6.20. The average Bonchev–Trinajstić information content (AvgIpc) is 3.17. The molecular weight excluding hydrogens is 448 g/mol. The number of alkyl carbamates (subject to hydrolysis) is 1. The average molecular weight is 481 g/mol. The van der Waals surface area contributed by atoms with E-state index in [-0.39, 0.29) is 35.1 Å². The van der Waals surface area contributed by atoms with Crippen molar-refractivity contribution in [2.24, 2.45) is 0 Å². The van der Waals surface area contributed by atoms with Crippen molar-refractivity contribution >= 4 is 33.1 Å². The van der Waals surface area contributed by atoms with Gasteiger partial charge in [-0.3, -0.25) is 0 Å². The summed E-state index contributed by atoms with van der Waals surface area (Å²) in [4.78, 5) is 17.4. The predicted octanol–water partition coefficient (Wildman–Crippen LogP) is 4.24. The molecule has 1 aromatic carbocycles. The smallest absolute Gasteiger partial charge is 0.407 e. The molecule has 0 saturated heterocycles. The molecule has 8 nitrogen and oxygen atoms in total. The number of anilines is 1. The summed E-state index contributed by atoms with van der Waals surface area (Å²) in [6.07, 6.45) is 4.75. The van der Waals surface area contributed by atoms with Crippen molar-refractivity contribution in [2.75, 3.05) is 5.73 Å². The highest BCUT2D eigenvalue weighted by Crippen LogP contribution is 2.39. The molecule has 10 heteroatoms. The molecule has 1 aromatic heterocycles. The standard InChI is InChI=1S/C22H32N4O4S2/c1-13(2)26-32(28,29)20-11-16(23)7-10-18(20)19-12-24-21(31-19)15-5-8-17(9-6-15)25-22(27)30-14(3)4/h7,10-15,17,26H,5-6,8-9,23H2,1-4H3,(H,25,27). The number of benzene rings is 1. The zero-order valence-electron chi connectivity index (χ0n) is 18.9.